The van der Waals surface area contributed by atoms with Crippen molar-refractivity contribution >= 4 is 39.2 Å². The summed E-state index contributed by atoms with van der Waals surface area (Å²) in [4.78, 5) is 10.4. The summed E-state index contributed by atoms with van der Waals surface area (Å²) in [5.41, 5.74) is 6.55. The molecule has 0 unspecified atom stereocenters. The highest BCUT2D eigenvalue weighted by molar-refractivity contribution is 9.10. The number of halogens is 2. The average molecular weight is 265 g/mol. The molecule has 1 aromatic carbocycles. The van der Waals surface area contributed by atoms with Crippen LogP contribution in [-0.4, -0.2) is 11.1 Å². The molecule has 0 spiro atoms. The molecule has 0 aliphatic carbocycles. The molecule has 5 heteroatoms. The summed E-state index contributed by atoms with van der Waals surface area (Å²) >= 11 is 8.97. The fourth-order valence-corrected chi connectivity index (χ4v) is 1.58. The lowest BCUT2D eigenvalue weighted by Crippen LogP contribution is -2.02. The molecule has 13 heavy (non-hydrogen) atoms. The number of hydrogen-bond acceptors (Lipinski definition) is 2. The van der Waals surface area contributed by atoms with E-state index in [1.165, 1.54) is 0 Å². The van der Waals surface area contributed by atoms with Crippen molar-refractivity contribution in [2.75, 3.05) is 5.73 Å². The number of carbonyl (C=O) groups is 1. The van der Waals surface area contributed by atoms with Gasteiger partial charge < -0.3 is 10.8 Å². The summed E-state index contributed by atoms with van der Waals surface area (Å²) in [6, 6.07) is 3.15. The van der Waals surface area contributed by atoms with Gasteiger partial charge in [0.2, 0.25) is 0 Å². The first-order valence-corrected chi connectivity index (χ1v) is 4.63. The van der Waals surface area contributed by atoms with Gasteiger partial charge in [-0.05, 0) is 33.6 Å². The van der Waals surface area contributed by atoms with E-state index in [0.29, 0.717) is 20.7 Å². The monoisotopic (exact) mass is 263 g/mol. The van der Waals surface area contributed by atoms with Crippen molar-refractivity contribution in [3.8, 4) is 0 Å². The van der Waals surface area contributed by atoms with Crippen LogP contribution in [0.15, 0.2) is 16.6 Å². The molecule has 0 heterocycles. The van der Waals surface area contributed by atoms with Gasteiger partial charge in [-0.2, -0.15) is 0 Å². The highest BCUT2D eigenvalue weighted by Crippen LogP contribution is 2.29. The van der Waals surface area contributed by atoms with Gasteiger partial charge in [0.1, 0.15) is 0 Å². The van der Waals surface area contributed by atoms with Gasteiger partial charge in [-0.3, -0.25) is 4.79 Å². The summed E-state index contributed by atoms with van der Waals surface area (Å²) in [6.45, 7) is 0. The van der Waals surface area contributed by atoms with E-state index in [-0.39, 0.29) is 6.42 Å². The number of benzene rings is 1. The Morgan fingerprint density at radius 1 is 1.62 bits per heavy atom. The molecular weight excluding hydrogens is 257 g/mol. The molecule has 0 aliphatic rings. The van der Waals surface area contributed by atoms with Gasteiger partial charge in [0, 0.05) is 10.2 Å². The highest BCUT2D eigenvalue weighted by atomic mass is 79.9. The number of nitrogens with two attached hydrogens (primary N) is 1. The number of carboxylic acids is 1. The Balaban J connectivity index is 3.12. The Bertz CT molecular complexity index is 354. The zero-order valence-electron chi connectivity index (χ0n) is 6.55. The van der Waals surface area contributed by atoms with Crippen molar-refractivity contribution in [2.24, 2.45) is 0 Å². The summed E-state index contributed by atoms with van der Waals surface area (Å²) in [5.74, 6) is -0.914. The summed E-state index contributed by atoms with van der Waals surface area (Å²) in [6.07, 6.45) is -0.0919. The Morgan fingerprint density at radius 2 is 2.23 bits per heavy atom. The first-order chi connectivity index (χ1) is 6.00. The molecule has 0 saturated carbocycles. The van der Waals surface area contributed by atoms with Gasteiger partial charge in [0.15, 0.2) is 0 Å². The molecule has 1 rings (SSSR count). The van der Waals surface area contributed by atoms with Crippen LogP contribution in [-0.2, 0) is 11.2 Å². The lowest BCUT2D eigenvalue weighted by Gasteiger charge is -2.04. The first kappa shape index (κ1) is 10.3. The van der Waals surface area contributed by atoms with E-state index < -0.39 is 5.97 Å². The van der Waals surface area contributed by atoms with Gasteiger partial charge in [-0.25, -0.2) is 0 Å². The highest BCUT2D eigenvalue weighted by Gasteiger charge is 2.09. The van der Waals surface area contributed by atoms with Crippen LogP contribution in [0.3, 0.4) is 0 Å². The van der Waals surface area contributed by atoms with E-state index in [1.807, 2.05) is 0 Å². The van der Waals surface area contributed by atoms with Crippen molar-refractivity contribution in [3.05, 3.63) is 27.2 Å². The second-order valence-corrected chi connectivity index (χ2v) is 3.75. The topological polar surface area (TPSA) is 63.3 Å². The third-order valence-corrected chi connectivity index (χ3v) is 2.93. The van der Waals surface area contributed by atoms with Crippen molar-refractivity contribution in [1.82, 2.24) is 0 Å². The van der Waals surface area contributed by atoms with E-state index in [0.717, 1.165) is 0 Å². The van der Waals surface area contributed by atoms with Crippen LogP contribution in [0.5, 0.6) is 0 Å². The largest absolute Gasteiger partial charge is 0.481 e. The third-order valence-electron chi connectivity index (χ3n) is 1.47. The summed E-state index contributed by atoms with van der Waals surface area (Å²) < 4.78 is 0.589. The maximum absolute atomic E-state index is 10.4. The van der Waals surface area contributed by atoms with Gasteiger partial charge >= 0.3 is 5.97 Å². The maximum Gasteiger partial charge on any atom is 0.307 e. The number of nitrogen functional groups attached to an aromatic ring is 1. The van der Waals surface area contributed by atoms with E-state index >= 15 is 0 Å². The number of carboxylic acid groups (broad SMARTS) is 1. The molecule has 70 valence electrons. The third kappa shape index (κ3) is 2.60. The van der Waals surface area contributed by atoms with E-state index in [4.69, 9.17) is 22.4 Å². The minimum atomic E-state index is -0.914. The smallest absolute Gasteiger partial charge is 0.307 e. The van der Waals surface area contributed by atoms with Gasteiger partial charge in [-0.15, -0.1) is 0 Å². The predicted octanol–water partition coefficient (Wildman–Crippen LogP) is 2.31. The van der Waals surface area contributed by atoms with Crippen LogP contribution in [0.1, 0.15) is 5.56 Å². The Morgan fingerprint density at radius 3 is 2.77 bits per heavy atom. The summed E-state index contributed by atoms with van der Waals surface area (Å²) in [7, 11) is 0. The van der Waals surface area contributed by atoms with Crippen LogP contribution >= 0.6 is 27.5 Å². The van der Waals surface area contributed by atoms with Crippen LogP contribution in [0.25, 0.3) is 0 Å². The standard InChI is InChI=1S/C8H7BrClNO2/c9-8-4(2-7(12)13)1-5(11)3-6(8)10/h1,3H,2,11H2,(H,12,13). The molecule has 0 bridgehead atoms. The number of hydrogen-bond donors (Lipinski definition) is 2. The van der Waals surface area contributed by atoms with Crippen molar-refractivity contribution in [3.63, 3.8) is 0 Å². The van der Waals surface area contributed by atoms with Crippen molar-refractivity contribution < 1.29 is 9.90 Å². The van der Waals surface area contributed by atoms with Crippen LogP contribution in [0.2, 0.25) is 5.02 Å². The Kier molecular flexibility index (Phi) is 3.17. The molecule has 3 N–H and O–H groups in total. The zero-order chi connectivity index (χ0) is 10.0. The molecule has 0 saturated heterocycles. The molecule has 0 atom stereocenters. The van der Waals surface area contributed by atoms with Crippen molar-refractivity contribution in [1.29, 1.82) is 0 Å². The minimum Gasteiger partial charge on any atom is -0.481 e. The quantitative estimate of drug-likeness (QED) is 0.806. The van der Waals surface area contributed by atoms with E-state index in [2.05, 4.69) is 15.9 Å². The SMILES string of the molecule is Nc1cc(Cl)c(Br)c(CC(=O)O)c1. The Hall–Kier alpha value is -0.740. The summed E-state index contributed by atoms with van der Waals surface area (Å²) in [5, 5.41) is 9.00. The fraction of sp³-hybridized carbons (Fsp3) is 0.125. The molecule has 0 radical (unpaired) electrons. The number of rotatable bonds is 2. The lowest BCUT2D eigenvalue weighted by molar-refractivity contribution is -0.136. The molecule has 0 aliphatic heterocycles. The van der Waals surface area contributed by atoms with Gasteiger partial charge in [0.05, 0.1) is 11.4 Å². The normalized spacial score (nSPS) is 10.0. The molecule has 3 nitrogen and oxygen atoms in total. The zero-order valence-corrected chi connectivity index (χ0v) is 8.89. The van der Waals surface area contributed by atoms with Crippen LogP contribution in [0, 0.1) is 0 Å². The Labute approximate surface area is 88.6 Å². The maximum atomic E-state index is 10.4. The fourth-order valence-electron chi connectivity index (χ4n) is 0.961. The van der Waals surface area contributed by atoms with E-state index in [9.17, 15) is 4.79 Å². The molecule has 0 fully saturated rings. The lowest BCUT2D eigenvalue weighted by atomic mass is 10.1. The van der Waals surface area contributed by atoms with Crippen molar-refractivity contribution in [2.45, 2.75) is 6.42 Å². The van der Waals surface area contributed by atoms with Crippen LogP contribution in [0.4, 0.5) is 5.69 Å². The first-order valence-electron chi connectivity index (χ1n) is 3.46. The van der Waals surface area contributed by atoms with Gasteiger partial charge in [-0.1, -0.05) is 11.6 Å². The molecule has 0 aromatic heterocycles. The second-order valence-electron chi connectivity index (χ2n) is 2.55. The van der Waals surface area contributed by atoms with Crippen LogP contribution < -0.4 is 5.73 Å². The van der Waals surface area contributed by atoms with E-state index in [1.54, 1.807) is 12.1 Å². The average Bonchev–Trinajstić information content (AvgIpc) is 1.98. The predicted molar refractivity (Wildman–Crippen MR) is 54.9 cm³/mol. The molecule has 0 amide bonds. The molecular formula is C8H7BrClNO2. The minimum absolute atomic E-state index is 0.0919. The molecule has 1 aromatic rings. The number of anilines is 1. The van der Waals surface area contributed by atoms with Gasteiger partial charge in [0.25, 0.3) is 0 Å². The number of aliphatic carboxylic acids is 1. The second kappa shape index (κ2) is 3.98.